The highest BCUT2D eigenvalue weighted by atomic mass is 16.5. The summed E-state index contributed by atoms with van der Waals surface area (Å²) in [6.07, 6.45) is 4.42. The molecule has 1 aliphatic rings. The average Bonchev–Trinajstić information content (AvgIpc) is 2.28. The molecule has 4 nitrogen and oxygen atoms in total. The van der Waals surface area contributed by atoms with E-state index < -0.39 is 0 Å². The maximum absolute atomic E-state index is 11.6. The van der Waals surface area contributed by atoms with Crippen LogP contribution in [0.4, 0.5) is 0 Å². The third-order valence-electron chi connectivity index (χ3n) is 3.49. The van der Waals surface area contributed by atoms with E-state index in [2.05, 4.69) is 24.5 Å². The molecule has 0 atom stereocenters. The lowest BCUT2D eigenvalue weighted by Gasteiger charge is -2.34. The molecule has 0 aromatic heterocycles. The van der Waals surface area contributed by atoms with Gasteiger partial charge in [-0.1, -0.05) is 13.8 Å². The Morgan fingerprint density at radius 1 is 1.35 bits per heavy atom. The van der Waals surface area contributed by atoms with E-state index in [0.717, 1.165) is 38.1 Å². The lowest BCUT2D eigenvalue weighted by Crippen LogP contribution is -2.41. The average molecular weight is 242 g/mol. The molecule has 1 aliphatic carbocycles. The van der Waals surface area contributed by atoms with Crippen molar-refractivity contribution in [2.45, 2.75) is 51.7 Å². The molecule has 2 N–H and O–H groups in total. The Hall–Kier alpha value is -0.610. The molecule has 1 fully saturated rings. The van der Waals surface area contributed by atoms with Crippen LogP contribution in [0.2, 0.25) is 0 Å². The van der Waals surface area contributed by atoms with Crippen molar-refractivity contribution in [1.29, 1.82) is 0 Å². The molecule has 0 spiro atoms. The highest BCUT2D eigenvalue weighted by Crippen LogP contribution is 2.29. The summed E-state index contributed by atoms with van der Waals surface area (Å²) in [5, 5.41) is 6.14. The zero-order valence-electron chi connectivity index (χ0n) is 11.3. The fourth-order valence-electron chi connectivity index (χ4n) is 2.22. The maximum Gasteiger partial charge on any atom is 0.246 e. The largest absolute Gasteiger partial charge is 0.368 e. The van der Waals surface area contributed by atoms with Crippen LogP contribution in [0.5, 0.6) is 0 Å². The molecule has 0 radical (unpaired) electrons. The molecule has 0 aromatic rings. The van der Waals surface area contributed by atoms with Crippen molar-refractivity contribution in [3.63, 3.8) is 0 Å². The number of carbonyl (C=O) groups is 1. The predicted octanol–water partition coefficient (Wildman–Crippen LogP) is 1.31. The molecule has 1 saturated carbocycles. The van der Waals surface area contributed by atoms with Crippen molar-refractivity contribution in [2.24, 2.45) is 5.92 Å². The molecule has 1 amide bonds. The summed E-state index contributed by atoms with van der Waals surface area (Å²) in [6, 6.07) is 0.296. The summed E-state index contributed by atoms with van der Waals surface area (Å²) in [4.78, 5) is 11.6. The highest BCUT2D eigenvalue weighted by molar-refractivity contribution is 5.77. The van der Waals surface area contributed by atoms with Crippen LogP contribution in [0, 0.1) is 5.92 Å². The molecule has 0 bridgehead atoms. The molecule has 0 unspecified atom stereocenters. The first-order chi connectivity index (χ1) is 8.19. The minimum absolute atomic E-state index is 0.0239. The van der Waals surface area contributed by atoms with Crippen LogP contribution in [0.15, 0.2) is 0 Å². The van der Waals surface area contributed by atoms with E-state index in [4.69, 9.17) is 4.74 Å². The maximum atomic E-state index is 11.6. The second-order valence-corrected chi connectivity index (χ2v) is 4.91. The lowest BCUT2D eigenvalue weighted by molar-refractivity contribution is -0.131. The summed E-state index contributed by atoms with van der Waals surface area (Å²) in [7, 11) is 1.97. The molecule has 17 heavy (non-hydrogen) atoms. The first-order valence-electron chi connectivity index (χ1n) is 6.75. The van der Waals surface area contributed by atoms with Crippen molar-refractivity contribution in [2.75, 3.05) is 20.2 Å². The molecule has 0 aliphatic heterocycles. The quantitative estimate of drug-likeness (QED) is 0.674. The van der Waals surface area contributed by atoms with Crippen LogP contribution < -0.4 is 10.6 Å². The Balaban J connectivity index is 2.05. The number of rotatable bonds is 8. The number of ether oxygens (including phenoxy) is 1. The Bertz CT molecular complexity index is 223. The van der Waals surface area contributed by atoms with E-state index in [1.165, 1.54) is 0 Å². The number of hydrogen-bond donors (Lipinski definition) is 2. The minimum Gasteiger partial charge on any atom is -0.368 e. The van der Waals surface area contributed by atoms with Crippen LogP contribution in [0.1, 0.15) is 39.5 Å². The van der Waals surface area contributed by atoms with Crippen LogP contribution >= 0.6 is 0 Å². The predicted molar refractivity (Wildman–Crippen MR) is 68.9 cm³/mol. The van der Waals surface area contributed by atoms with Gasteiger partial charge in [-0.2, -0.15) is 0 Å². The van der Waals surface area contributed by atoms with Crippen LogP contribution in [0.25, 0.3) is 0 Å². The standard InChI is InChI=1S/C13H26N2O2/c1-4-11(5-2)15-13(16)9-17-12-6-10(7-12)8-14-3/h10-12,14H,4-9H2,1-3H3,(H,15,16). The van der Waals surface area contributed by atoms with Crippen LogP contribution in [-0.2, 0) is 9.53 Å². The topological polar surface area (TPSA) is 50.4 Å². The first kappa shape index (κ1) is 14.5. The van der Waals surface area contributed by atoms with E-state index in [0.29, 0.717) is 12.1 Å². The van der Waals surface area contributed by atoms with E-state index in [1.54, 1.807) is 0 Å². The summed E-state index contributed by atoms with van der Waals surface area (Å²) >= 11 is 0. The third kappa shape index (κ3) is 5.04. The molecule has 0 aromatic carbocycles. The number of nitrogens with one attached hydrogen (secondary N) is 2. The molecular formula is C13H26N2O2. The van der Waals surface area contributed by atoms with Gasteiger partial charge in [-0.05, 0) is 45.2 Å². The van der Waals surface area contributed by atoms with Gasteiger partial charge in [-0.25, -0.2) is 0 Å². The van der Waals surface area contributed by atoms with Gasteiger partial charge in [0.1, 0.15) is 6.61 Å². The van der Waals surface area contributed by atoms with Gasteiger partial charge in [0.2, 0.25) is 5.91 Å². The Morgan fingerprint density at radius 2 is 2.00 bits per heavy atom. The van der Waals surface area contributed by atoms with Crippen LogP contribution in [0.3, 0.4) is 0 Å². The summed E-state index contributed by atoms with van der Waals surface area (Å²) < 4.78 is 5.57. The van der Waals surface area contributed by atoms with Gasteiger partial charge in [0, 0.05) is 6.04 Å². The summed E-state index contributed by atoms with van der Waals surface area (Å²) in [6.45, 7) is 5.44. The zero-order valence-corrected chi connectivity index (χ0v) is 11.3. The Kier molecular flexibility index (Phi) is 6.52. The Labute approximate surface area is 104 Å². The highest BCUT2D eigenvalue weighted by Gasteiger charge is 2.29. The SMILES string of the molecule is CCC(CC)NC(=O)COC1CC(CNC)C1. The van der Waals surface area contributed by atoms with Gasteiger partial charge < -0.3 is 15.4 Å². The van der Waals surface area contributed by atoms with Crippen molar-refractivity contribution in [3.8, 4) is 0 Å². The van der Waals surface area contributed by atoms with Crippen LogP contribution in [-0.4, -0.2) is 38.3 Å². The van der Waals surface area contributed by atoms with Crippen molar-refractivity contribution in [1.82, 2.24) is 10.6 Å². The number of amides is 1. The molecular weight excluding hydrogens is 216 g/mol. The molecule has 0 saturated heterocycles. The molecule has 4 heteroatoms. The summed E-state index contributed by atoms with van der Waals surface area (Å²) in [5.74, 6) is 0.753. The van der Waals surface area contributed by atoms with Gasteiger partial charge in [-0.15, -0.1) is 0 Å². The normalized spacial score (nSPS) is 23.5. The molecule has 0 heterocycles. The first-order valence-corrected chi connectivity index (χ1v) is 6.75. The second kappa shape index (κ2) is 7.67. The zero-order chi connectivity index (χ0) is 12.7. The van der Waals surface area contributed by atoms with Gasteiger partial charge in [0.15, 0.2) is 0 Å². The van der Waals surface area contributed by atoms with Gasteiger partial charge >= 0.3 is 0 Å². The molecule has 100 valence electrons. The fraction of sp³-hybridized carbons (Fsp3) is 0.923. The van der Waals surface area contributed by atoms with Gasteiger partial charge in [-0.3, -0.25) is 4.79 Å². The van der Waals surface area contributed by atoms with Crippen molar-refractivity contribution < 1.29 is 9.53 Å². The van der Waals surface area contributed by atoms with Crippen molar-refractivity contribution in [3.05, 3.63) is 0 Å². The number of carbonyl (C=O) groups excluding carboxylic acids is 1. The smallest absolute Gasteiger partial charge is 0.246 e. The van der Waals surface area contributed by atoms with E-state index in [-0.39, 0.29) is 12.5 Å². The monoisotopic (exact) mass is 242 g/mol. The summed E-state index contributed by atoms with van der Waals surface area (Å²) in [5.41, 5.74) is 0. The van der Waals surface area contributed by atoms with Crippen molar-refractivity contribution >= 4 is 5.91 Å². The van der Waals surface area contributed by atoms with E-state index >= 15 is 0 Å². The Morgan fingerprint density at radius 3 is 2.53 bits per heavy atom. The minimum atomic E-state index is 0.0239. The van der Waals surface area contributed by atoms with E-state index in [9.17, 15) is 4.79 Å². The van der Waals surface area contributed by atoms with Gasteiger partial charge in [0.05, 0.1) is 6.10 Å². The lowest BCUT2D eigenvalue weighted by atomic mass is 9.82. The number of hydrogen-bond acceptors (Lipinski definition) is 3. The second-order valence-electron chi connectivity index (χ2n) is 4.91. The third-order valence-corrected chi connectivity index (χ3v) is 3.49. The van der Waals surface area contributed by atoms with E-state index in [1.807, 2.05) is 7.05 Å². The molecule has 1 rings (SSSR count). The van der Waals surface area contributed by atoms with Gasteiger partial charge in [0.25, 0.3) is 0 Å². The fourth-order valence-corrected chi connectivity index (χ4v) is 2.22.